The Morgan fingerprint density at radius 1 is 1.08 bits per heavy atom. The second-order valence-electron chi connectivity index (χ2n) is 6.65. The van der Waals surface area contributed by atoms with Crippen LogP contribution in [-0.4, -0.2) is 32.1 Å². The lowest BCUT2D eigenvalue weighted by Crippen LogP contribution is -2.34. The standard InChI is InChI=1S/C22H29NO3/c1-6-16(2)21(17-10-8-7-9-11-17)22(24)23(3)15-18-12-13-19(25-4)14-20(18)26-5/h7-14,16,21H,6,15H2,1-5H3. The highest BCUT2D eigenvalue weighted by Crippen LogP contribution is 2.31. The first-order valence-corrected chi connectivity index (χ1v) is 9.02. The zero-order valence-corrected chi connectivity index (χ0v) is 16.4. The van der Waals surface area contributed by atoms with Gasteiger partial charge in [0.2, 0.25) is 5.91 Å². The van der Waals surface area contributed by atoms with Crippen molar-refractivity contribution in [3.8, 4) is 11.5 Å². The summed E-state index contributed by atoms with van der Waals surface area (Å²) in [6.45, 7) is 4.75. The van der Waals surface area contributed by atoms with Crippen LogP contribution in [0.25, 0.3) is 0 Å². The molecule has 1 amide bonds. The van der Waals surface area contributed by atoms with Gasteiger partial charge in [-0.3, -0.25) is 4.79 Å². The van der Waals surface area contributed by atoms with Gasteiger partial charge in [-0.2, -0.15) is 0 Å². The summed E-state index contributed by atoms with van der Waals surface area (Å²) >= 11 is 0. The Bertz CT molecular complexity index is 715. The number of amides is 1. The smallest absolute Gasteiger partial charge is 0.230 e. The molecule has 0 radical (unpaired) electrons. The van der Waals surface area contributed by atoms with Crippen LogP contribution in [0.15, 0.2) is 48.5 Å². The Hall–Kier alpha value is -2.49. The number of benzene rings is 2. The molecule has 0 aliphatic rings. The maximum Gasteiger partial charge on any atom is 0.230 e. The number of hydrogen-bond donors (Lipinski definition) is 0. The second-order valence-corrected chi connectivity index (χ2v) is 6.65. The molecule has 2 atom stereocenters. The maximum absolute atomic E-state index is 13.2. The van der Waals surface area contributed by atoms with Crippen molar-refractivity contribution < 1.29 is 14.3 Å². The summed E-state index contributed by atoms with van der Waals surface area (Å²) in [5.41, 5.74) is 2.03. The third kappa shape index (κ3) is 4.57. The number of rotatable bonds is 8. The lowest BCUT2D eigenvalue weighted by atomic mass is 9.84. The molecule has 0 spiro atoms. The van der Waals surface area contributed by atoms with Crippen molar-refractivity contribution in [3.63, 3.8) is 0 Å². The topological polar surface area (TPSA) is 38.8 Å². The minimum atomic E-state index is -0.143. The van der Waals surface area contributed by atoms with Gasteiger partial charge >= 0.3 is 0 Å². The van der Waals surface area contributed by atoms with Crippen LogP contribution >= 0.6 is 0 Å². The van der Waals surface area contributed by atoms with E-state index in [4.69, 9.17) is 9.47 Å². The van der Waals surface area contributed by atoms with Gasteiger partial charge in [-0.25, -0.2) is 0 Å². The minimum absolute atomic E-state index is 0.128. The average Bonchev–Trinajstić information content (AvgIpc) is 2.68. The minimum Gasteiger partial charge on any atom is -0.497 e. The first-order chi connectivity index (χ1) is 12.5. The van der Waals surface area contributed by atoms with Gasteiger partial charge in [0.15, 0.2) is 0 Å². The third-order valence-corrected chi connectivity index (χ3v) is 4.92. The van der Waals surface area contributed by atoms with Crippen molar-refractivity contribution in [2.24, 2.45) is 5.92 Å². The molecule has 0 heterocycles. The van der Waals surface area contributed by atoms with Crippen LogP contribution in [0.4, 0.5) is 0 Å². The van der Waals surface area contributed by atoms with Gasteiger partial charge in [-0.15, -0.1) is 0 Å². The Balaban J connectivity index is 2.24. The number of hydrogen-bond acceptors (Lipinski definition) is 3. The molecule has 2 rings (SSSR count). The molecule has 0 saturated heterocycles. The summed E-state index contributed by atoms with van der Waals surface area (Å²) < 4.78 is 10.7. The summed E-state index contributed by atoms with van der Waals surface area (Å²) in [5, 5.41) is 0. The SMILES string of the molecule is CCC(C)C(C(=O)N(C)Cc1ccc(OC)cc1OC)c1ccccc1. The van der Waals surface area contributed by atoms with E-state index in [1.807, 2.05) is 55.6 Å². The summed E-state index contributed by atoms with van der Waals surface area (Å²) in [6.07, 6.45) is 0.949. The van der Waals surface area contributed by atoms with E-state index in [0.717, 1.165) is 29.0 Å². The lowest BCUT2D eigenvalue weighted by Gasteiger charge is -2.28. The van der Waals surface area contributed by atoms with Gasteiger partial charge < -0.3 is 14.4 Å². The van der Waals surface area contributed by atoms with Gasteiger partial charge in [0.1, 0.15) is 11.5 Å². The number of carbonyl (C=O) groups excluding carboxylic acids is 1. The predicted octanol–water partition coefficient (Wildman–Crippen LogP) is 4.49. The van der Waals surface area contributed by atoms with Crippen LogP contribution in [0.3, 0.4) is 0 Å². The number of likely N-dealkylation sites (N-methyl/N-ethyl adjacent to an activating group) is 1. The van der Waals surface area contributed by atoms with E-state index in [2.05, 4.69) is 13.8 Å². The lowest BCUT2D eigenvalue weighted by molar-refractivity contribution is -0.133. The van der Waals surface area contributed by atoms with E-state index in [0.29, 0.717) is 6.54 Å². The van der Waals surface area contributed by atoms with Crippen LogP contribution < -0.4 is 9.47 Å². The highest BCUT2D eigenvalue weighted by Gasteiger charge is 2.28. The third-order valence-electron chi connectivity index (χ3n) is 4.92. The fourth-order valence-corrected chi connectivity index (χ4v) is 3.16. The first-order valence-electron chi connectivity index (χ1n) is 9.02. The van der Waals surface area contributed by atoms with E-state index in [-0.39, 0.29) is 17.7 Å². The van der Waals surface area contributed by atoms with E-state index < -0.39 is 0 Å². The fraction of sp³-hybridized carbons (Fsp3) is 0.409. The Morgan fingerprint density at radius 3 is 2.35 bits per heavy atom. The summed E-state index contributed by atoms with van der Waals surface area (Å²) in [6, 6.07) is 15.7. The molecule has 26 heavy (non-hydrogen) atoms. The molecule has 2 unspecified atom stereocenters. The van der Waals surface area contributed by atoms with Crippen LogP contribution in [0.5, 0.6) is 11.5 Å². The molecule has 2 aromatic rings. The Labute approximate surface area is 156 Å². The molecule has 0 fully saturated rings. The molecule has 0 aliphatic carbocycles. The van der Waals surface area contributed by atoms with Gasteiger partial charge in [0, 0.05) is 25.2 Å². The van der Waals surface area contributed by atoms with Crippen LogP contribution in [-0.2, 0) is 11.3 Å². The van der Waals surface area contributed by atoms with Gasteiger partial charge in [-0.05, 0) is 23.6 Å². The van der Waals surface area contributed by atoms with Crippen LogP contribution in [0.2, 0.25) is 0 Å². The number of methoxy groups -OCH3 is 2. The quantitative estimate of drug-likeness (QED) is 0.700. The molecule has 0 aliphatic heterocycles. The Kier molecular flexibility index (Phi) is 7.07. The largest absolute Gasteiger partial charge is 0.497 e. The molecular formula is C22H29NO3. The second kappa shape index (κ2) is 9.27. The zero-order chi connectivity index (χ0) is 19.1. The molecular weight excluding hydrogens is 326 g/mol. The number of carbonyl (C=O) groups is 1. The highest BCUT2D eigenvalue weighted by atomic mass is 16.5. The van der Waals surface area contributed by atoms with E-state index in [9.17, 15) is 4.79 Å². The highest BCUT2D eigenvalue weighted by molar-refractivity contribution is 5.84. The normalized spacial score (nSPS) is 13.0. The molecule has 4 heteroatoms. The van der Waals surface area contributed by atoms with Crippen molar-refractivity contribution in [3.05, 3.63) is 59.7 Å². The van der Waals surface area contributed by atoms with Crippen molar-refractivity contribution >= 4 is 5.91 Å². The monoisotopic (exact) mass is 355 g/mol. The summed E-state index contributed by atoms with van der Waals surface area (Å²) in [7, 11) is 5.11. The van der Waals surface area contributed by atoms with Gasteiger partial charge in [0.25, 0.3) is 0 Å². The molecule has 4 nitrogen and oxygen atoms in total. The van der Waals surface area contributed by atoms with E-state index in [1.165, 1.54) is 0 Å². The molecule has 0 saturated carbocycles. The first kappa shape index (κ1) is 19.8. The van der Waals surface area contributed by atoms with Crippen molar-refractivity contribution in [2.75, 3.05) is 21.3 Å². The molecule has 0 aromatic heterocycles. The van der Waals surface area contributed by atoms with Crippen molar-refractivity contribution in [1.82, 2.24) is 4.90 Å². The number of nitrogens with zero attached hydrogens (tertiary/aromatic N) is 1. The summed E-state index contributed by atoms with van der Waals surface area (Å²) in [5.74, 6) is 1.72. The van der Waals surface area contributed by atoms with Crippen molar-refractivity contribution in [1.29, 1.82) is 0 Å². The zero-order valence-electron chi connectivity index (χ0n) is 16.4. The van der Waals surface area contributed by atoms with Gasteiger partial charge in [-0.1, -0.05) is 50.6 Å². The van der Waals surface area contributed by atoms with Gasteiger partial charge in [0.05, 0.1) is 20.1 Å². The van der Waals surface area contributed by atoms with Crippen molar-refractivity contribution in [2.45, 2.75) is 32.7 Å². The van der Waals surface area contributed by atoms with Crippen LogP contribution in [0.1, 0.15) is 37.3 Å². The fourth-order valence-electron chi connectivity index (χ4n) is 3.16. The van der Waals surface area contributed by atoms with E-state index >= 15 is 0 Å². The number of ether oxygens (including phenoxy) is 2. The average molecular weight is 355 g/mol. The summed E-state index contributed by atoms with van der Waals surface area (Å²) in [4.78, 5) is 15.0. The Morgan fingerprint density at radius 2 is 1.77 bits per heavy atom. The molecule has 2 aromatic carbocycles. The molecule has 0 N–H and O–H groups in total. The van der Waals surface area contributed by atoms with E-state index in [1.54, 1.807) is 19.1 Å². The molecule has 140 valence electrons. The molecule has 0 bridgehead atoms. The maximum atomic E-state index is 13.2. The predicted molar refractivity (Wildman–Crippen MR) is 105 cm³/mol. The van der Waals surface area contributed by atoms with Crippen LogP contribution in [0, 0.1) is 5.92 Å².